The summed E-state index contributed by atoms with van der Waals surface area (Å²) in [7, 11) is 0. The Labute approximate surface area is 117 Å². The van der Waals surface area contributed by atoms with Crippen LogP contribution in [-0.2, 0) is 11.2 Å². The first-order valence-corrected chi connectivity index (χ1v) is 6.64. The highest BCUT2D eigenvalue weighted by Crippen LogP contribution is 2.30. The lowest BCUT2D eigenvalue weighted by Gasteiger charge is -2.21. The molecule has 0 saturated carbocycles. The summed E-state index contributed by atoms with van der Waals surface area (Å²) >= 11 is 0. The van der Waals surface area contributed by atoms with Crippen LogP contribution in [0, 0.1) is 0 Å². The number of hydrogen-bond donors (Lipinski definition) is 0. The molecule has 0 N–H and O–H groups in total. The minimum atomic E-state index is -0.0965. The number of fused-ring (bicyclic) bond motifs is 2. The number of carbonyl (C=O) groups is 2. The van der Waals surface area contributed by atoms with Crippen LogP contribution in [0.3, 0.4) is 0 Å². The summed E-state index contributed by atoms with van der Waals surface area (Å²) in [6.45, 7) is 1.62. The van der Waals surface area contributed by atoms with Crippen molar-refractivity contribution in [2.75, 3.05) is 11.4 Å². The van der Waals surface area contributed by atoms with E-state index in [2.05, 4.69) is 0 Å². The Kier molecular flexibility index (Phi) is 3.11. The summed E-state index contributed by atoms with van der Waals surface area (Å²) in [5.41, 5.74) is 3.61. The van der Waals surface area contributed by atoms with E-state index in [1.165, 1.54) is 6.92 Å². The summed E-state index contributed by atoms with van der Waals surface area (Å²) < 4.78 is 0. The summed E-state index contributed by atoms with van der Waals surface area (Å²) in [5.74, 6) is -0.117. The van der Waals surface area contributed by atoms with E-state index in [4.69, 9.17) is 0 Å². The van der Waals surface area contributed by atoms with Crippen molar-refractivity contribution in [2.24, 2.45) is 0 Å². The molecular weight excluding hydrogens is 250 g/mol. The van der Waals surface area contributed by atoms with E-state index in [1.807, 2.05) is 48.5 Å². The van der Waals surface area contributed by atoms with Gasteiger partial charge >= 0.3 is 0 Å². The molecule has 0 spiro atoms. The first-order valence-electron chi connectivity index (χ1n) is 6.64. The Balaban J connectivity index is 2.19. The predicted octanol–water partition coefficient (Wildman–Crippen LogP) is 2.83. The number of ketones is 1. The Morgan fingerprint density at radius 3 is 2.45 bits per heavy atom. The van der Waals surface area contributed by atoms with Crippen LogP contribution in [0.4, 0.5) is 5.69 Å². The third-order valence-corrected chi connectivity index (χ3v) is 3.54. The van der Waals surface area contributed by atoms with Gasteiger partial charge in [0, 0.05) is 17.7 Å². The zero-order valence-corrected chi connectivity index (χ0v) is 11.3. The van der Waals surface area contributed by atoms with Gasteiger partial charge in [0.15, 0.2) is 0 Å². The minimum absolute atomic E-state index is 0.0208. The summed E-state index contributed by atoms with van der Waals surface area (Å²) in [6, 6.07) is 15.4. The van der Waals surface area contributed by atoms with Crippen LogP contribution >= 0.6 is 0 Å². The molecule has 3 heteroatoms. The molecule has 2 aromatic rings. The van der Waals surface area contributed by atoms with Crippen LogP contribution in [0.1, 0.15) is 28.4 Å². The third-order valence-electron chi connectivity index (χ3n) is 3.54. The van der Waals surface area contributed by atoms with Gasteiger partial charge in [0.05, 0.1) is 6.54 Å². The molecule has 0 saturated heterocycles. The number of anilines is 1. The van der Waals surface area contributed by atoms with E-state index in [-0.39, 0.29) is 18.2 Å². The molecule has 0 unspecified atom stereocenters. The monoisotopic (exact) mass is 265 g/mol. The topological polar surface area (TPSA) is 37.4 Å². The highest BCUT2D eigenvalue weighted by atomic mass is 16.2. The maximum absolute atomic E-state index is 12.7. The number of nitrogens with zero attached hydrogens (tertiary/aromatic N) is 1. The molecule has 20 heavy (non-hydrogen) atoms. The average Bonchev–Trinajstić information content (AvgIpc) is 2.55. The number of benzene rings is 2. The van der Waals surface area contributed by atoms with Crippen molar-refractivity contribution in [1.29, 1.82) is 0 Å². The van der Waals surface area contributed by atoms with Gasteiger partial charge in [-0.2, -0.15) is 0 Å². The van der Waals surface area contributed by atoms with Crippen molar-refractivity contribution in [2.45, 2.75) is 13.3 Å². The summed E-state index contributed by atoms with van der Waals surface area (Å²) in [4.78, 5) is 25.8. The Bertz CT molecular complexity index is 691. The number of amides is 1. The number of Topliss-reactive ketones (excluding diaryl/α,β-unsaturated/α-hetero) is 1. The smallest absolute Gasteiger partial charge is 0.258 e. The zero-order valence-electron chi connectivity index (χ0n) is 11.3. The number of rotatable bonds is 2. The van der Waals surface area contributed by atoms with Crippen molar-refractivity contribution >= 4 is 17.4 Å². The van der Waals surface area contributed by atoms with Gasteiger partial charge in [0.25, 0.3) is 5.91 Å². The molecule has 3 nitrogen and oxygen atoms in total. The molecule has 0 atom stereocenters. The standard InChI is InChI=1S/C17H15NO2/c1-12(19)11-18-16-9-5-3-7-14(16)10-13-6-2-4-8-15(13)17(18)20/h2-9H,10-11H2,1H3. The second kappa shape index (κ2) is 4.93. The van der Waals surface area contributed by atoms with Crippen LogP contribution in [0.25, 0.3) is 0 Å². The zero-order chi connectivity index (χ0) is 14.1. The van der Waals surface area contributed by atoms with E-state index < -0.39 is 0 Å². The lowest BCUT2D eigenvalue weighted by Crippen LogP contribution is -2.35. The van der Waals surface area contributed by atoms with Crippen molar-refractivity contribution < 1.29 is 9.59 Å². The normalized spacial score (nSPS) is 13.4. The van der Waals surface area contributed by atoms with Gasteiger partial charge in [-0.15, -0.1) is 0 Å². The van der Waals surface area contributed by atoms with Gasteiger partial charge in [-0.1, -0.05) is 36.4 Å². The van der Waals surface area contributed by atoms with Gasteiger partial charge in [-0.25, -0.2) is 0 Å². The van der Waals surface area contributed by atoms with Crippen molar-refractivity contribution in [3.63, 3.8) is 0 Å². The lowest BCUT2D eigenvalue weighted by atomic mass is 10.0. The molecule has 0 radical (unpaired) electrons. The molecule has 0 aliphatic carbocycles. The van der Waals surface area contributed by atoms with Gasteiger partial charge < -0.3 is 4.90 Å². The van der Waals surface area contributed by atoms with Crippen molar-refractivity contribution in [3.8, 4) is 0 Å². The Hall–Kier alpha value is -2.42. The Morgan fingerprint density at radius 2 is 1.70 bits per heavy atom. The van der Waals surface area contributed by atoms with Crippen LogP contribution in [0.15, 0.2) is 48.5 Å². The molecule has 1 amide bonds. The molecule has 0 fully saturated rings. The van der Waals surface area contributed by atoms with Gasteiger partial charge in [0.1, 0.15) is 5.78 Å². The maximum atomic E-state index is 12.7. The third kappa shape index (κ3) is 2.11. The molecule has 2 aromatic carbocycles. The van der Waals surface area contributed by atoms with Gasteiger partial charge in [-0.05, 0) is 30.2 Å². The highest BCUT2D eigenvalue weighted by molar-refractivity contribution is 6.10. The average molecular weight is 265 g/mol. The fourth-order valence-electron chi connectivity index (χ4n) is 2.65. The quantitative estimate of drug-likeness (QED) is 0.837. The van der Waals surface area contributed by atoms with E-state index in [0.717, 1.165) is 16.8 Å². The molecule has 1 aliphatic rings. The molecule has 3 rings (SSSR count). The highest BCUT2D eigenvalue weighted by Gasteiger charge is 2.26. The van der Waals surface area contributed by atoms with Crippen LogP contribution < -0.4 is 4.90 Å². The van der Waals surface area contributed by atoms with Crippen molar-refractivity contribution in [3.05, 3.63) is 65.2 Å². The van der Waals surface area contributed by atoms with Crippen molar-refractivity contribution in [1.82, 2.24) is 0 Å². The van der Waals surface area contributed by atoms with Gasteiger partial charge in [0.2, 0.25) is 0 Å². The second-order valence-electron chi connectivity index (χ2n) is 5.06. The first-order chi connectivity index (χ1) is 9.66. The minimum Gasteiger partial charge on any atom is -0.301 e. The van der Waals surface area contributed by atoms with Crippen LogP contribution in [0.2, 0.25) is 0 Å². The molecular formula is C17H15NO2. The fraction of sp³-hybridized carbons (Fsp3) is 0.176. The molecule has 1 heterocycles. The fourth-order valence-corrected chi connectivity index (χ4v) is 2.65. The first kappa shape index (κ1) is 12.6. The summed E-state index contributed by atoms with van der Waals surface area (Å²) in [5, 5.41) is 0. The van der Waals surface area contributed by atoms with E-state index >= 15 is 0 Å². The van der Waals surface area contributed by atoms with E-state index in [9.17, 15) is 9.59 Å². The SMILES string of the molecule is CC(=O)CN1C(=O)c2ccccc2Cc2ccccc21. The van der Waals surface area contributed by atoms with Crippen LogP contribution in [0.5, 0.6) is 0 Å². The number of hydrogen-bond acceptors (Lipinski definition) is 2. The van der Waals surface area contributed by atoms with E-state index in [0.29, 0.717) is 12.0 Å². The predicted molar refractivity (Wildman–Crippen MR) is 78.0 cm³/mol. The Morgan fingerprint density at radius 1 is 1.05 bits per heavy atom. The molecule has 1 aliphatic heterocycles. The second-order valence-corrected chi connectivity index (χ2v) is 5.06. The number of carbonyl (C=O) groups excluding carboxylic acids is 2. The summed E-state index contributed by atoms with van der Waals surface area (Å²) in [6.07, 6.45) is 0.715. The van der Waals surface area contributed by atoms with Crippen LogP contribution in [-0.4, -0.2) is 18.2 Å². The van der Waals surface area contributed by atoms with E-state index in [1.54, 1.807) is 4.90 Å². The molecule has 100 valence electrons. The number of para-hydroxylation sites is 1. The molecule has 0 aromatic heterocycles. The largest absolute Gasteiger partial charge is 0.301 e. The van der Waals surface area contributed by atoms with Gasteiger partial charge in [-0.3, -0.25) is 9.59 Å². The maximum Gasteiger partial charge on any atom is 0.258 e. The lowest BCUT2D eigenvalue weighted by molar-refractivity contribution is -0.115. The molecule has 0 bridgehead atoms.